The van der Waals surface area contributed by atoms with Crippen molar-refractivity contribution in [2.45, 2.75) is 5.92 Å². The maximum atomic E-state index is 13.7. The number of alkyl halides is 2. The van der Waals surface area contributed by atoms with Gasteiger partial charge >= 0.3 is 0 Å². The number of benzene rings is 1. The first-order valence-corrected chi connectivity index (χ1v) is 5.31. The minimum atomic E-state index is -3.30. The van der Waals surface area contributed by atoms with Crippen molar-refractivity contribution in [2.75, 3.05) is 6.54 Å². The van der Waals surface area contributed by atoms with Crippen molar-refractivity contribution in [1.29, 1.82) is 0 Å². The van der Waals surface area contributed by atoms with Crippen LogP contribution in [0, 0.1) is 5.82 Å². The van der Waals surface area contributed by atoms with E-state index in [1.54, 1.807) is 0 Å². The molecule has 19 heavy (non-hydrogen) atoms. The number of hydrogen-bond donors (Lipinski definition) is 1. The maximum absolute atomic E-state index is 13.7. The molecule has 7 heteroatoms. The van der Waals surface area contributed by atoms with E-state index in [-0.39, 0.29) is 11.3 Å². The van der Waals surface area contributed by atoms with Gasteiger partial charge in [-0.15, -0.1) is 0 Å². The summed E-state index contributed by atoms with van der Waals surface area (Å²) in [6.45, 7) is -0.912. The minimum Gasteiger partial charge on any atom is -0.364 e. The van der Waals surface area contributed by atoms with Crippen LogP contribution >= 0.6 is 0 Å². The summed E-state index contributed by atoms with van der Waals surface area (Å²) in [5.41, 5.74) is -0.468. The fourth-order valence-electron chi connectivity index (χ4n) is 1.41. The maximum Gasteiger partial charge on any atom is 0.290 e. The highest BCUT2D eigenvalue weighted by Gasteiger charge is 2.32. The van der Waals surface area contributed by atoms with Gasteiger partial charge in [0.05, 0.1) is 6.54 Å². The van der Waals surface area contributed by atoms with Crippen molar-refractivity contribution in [3.8, 4) is 0 Å². The third-order valence-corrected chi connectivity index (χ3v) is 2.41. The van der Waals surface area contributed by atoms with Crippen LogP contribution in [0.4, 0.5) is 13.2 Å². The van der Waals surface area contributed by atoms with Gasteiger partial charge in [0.15, 0.2) is 5.69 Å². The fourth-order valence-corrected chi connectivity index (χ4v) is 1.41. The molecule has 0 atom stereocenters. The van der Waals surface area contributed by atoms with Gasteiger partial charge in [-0.3, -0.25) is 4.79 Å². The van der Waals surface area contributed by atoms with Gasteiger partial charge in [-0.25, -0.2) is 4.39 Å². The predicted octanol–water partition coefficient (Wildman–Crippen LogP) is 2.34. The summed E-state index contributed by atoms with van der Waals surface area (Å²) in [6.07, 6.45) is 1.16. The van der Waals surface area contributed by atoms with Crippen molar-refractivity contribution >= 4 is 5.91 Å². The molecule has 0 bridgehead atoms. The molecule has 2 rings (SSSR count). The van der Waals surface area contributed by atoms with E-state index in [9.17, 15) is 18.0 Å². The molecule has 1 amide bonds. The molecule has 0 aliphatic carbocycles. The van der Waals surface area contributed by atoms with Gasteiger partial charge in [-0.2, -0.15) is 8.78 Å². The first-order chi connectivity index (χ1) is 8.99. The third kappa shape index (κ3) is 3.12. The second kappa shape index (κ2) is 5.13. The lowest BCUT2D eigenvalue weighted by molar-refractivity contribution is -0.00260. The Morgan fingerprint density at radius 3 is 2.53 bits per heavy atom. The van der Waals surface area contributed by atoms with Gasteiger partial charge in [-0.1, -0.05) is 17.3 Å². The molecule has 1 aromatic carbocycles. The molecule has 0 saturated carbocycles. The van der Waals surface area contributed by atoms with Crippen LogP contribution in [0.5, 0.6) is 0 Å². The van der Waals surface area contributed by atoms with E-state index in [4.69, 9.17) is 0 Å². The average Bonchev–Trinajstić information content (AvgIpc) is 2.90. The molecule has 0 fully saturated rings. The number of halogens is 3. The third-order valence-electron chi connectivity index (χ3n) is 2.41. The zero-order valence-electron chi connectivity index (χ0n) is 9.57. The number of nitrogens with one attached hydrogen (secondary N) is 1. The van der Waals surface area contributed by atoms with Crippen molar-refractivity contribution in [1.82, 2.24) is 10.5 Å². The van der Waals surface area contributed by atoms with Crippen molar-refractivity contribution in [2.24, 2.45) is 0 Å². The molecule has 2 aromatic rings. The van der Waals surface area contributed by atoms with E-state index in [2.05, 4.69) is 9.68 Å². The van der Waals surface area contributed by atoms with Crippen LogP contribution in [0.25, 0.3) is 0 Å². The smallest absolute Gasteiger partial charge is 0.290 e. The molecule has 1 heterocycles. The van der Waals surface area contributed by atoms with Crippen LogP contribution in [0.15, 0.2) is 41.1 Å². The molecule has 0 spiro atoms. The molecule has 0 aliphatic heterocycles. The molecule has 4 nitrogen and oxygen atoms in total. The summed E-state index contributed by atoms with van der Waals surface area (Å²) >= 11 is 0. The lowest BCUT2D eigenvalue weighted by atomic mass is 10.1. The second-order valence-corrected chi connectivity index (χ2v) is 3.78. The van der Waals surface area contributed by atoms with Gasteiger partial charge in [-0.05, 0) is 12.1 Å². The van der Waals surface area contributed by atoms with E-state index in [0.29, 0.717) is 0 Å². The predicted molar refractivity (Wildman–Crippen MR) is 59.1 cm³/mol. The molecular weight excluding hydrogens is 261 g/mol. The summed E-state index contributed by atoms with van der Waals surface area (Å²) in [7, 11) is 0. The monoisotopic (exact) mass is 270 g/mol. The molecule has 0 aliphatic rings. The number of aromatic nitrogens is 1. The molecule has 1 N–H and O–H groups in total. The van der Waals surface area contributed by atoms with E-state index in [0.717, 1.165) is 30.5 Å². The normalized spacial score (nSPS) is 11.3. The number of hydrogen-bond acceptors (Lipinski definition) is 3. The molecule has 0 unspecified atom stereocenters. The first kappa shape index (κ1) is 13.1. The van der Waals surface area contributed by atoms with Crippen molar-refractivity contribution < 1.29 is 22.5 Å². The zero-order valence-corrected chi connectivity index (χ0v) is 9.57. The molecule has 100 valence electrons. The Labute approximate surface area is 106 Å². The Morgan fingerprint density at radius 2 is 1.95 bits per heavy atom. The summed E-state index contributed by atoms with van der Waals surface area (Å²) in [5.74, 6) is -4.67. The number of carbonyl (C=O) groups is 1. The lowest BCUT2D eigenvalue weighted by Gasteiger charge is -2.16. The van der Waals surface area contributed by atoms with Crippen LogP contribution in [-0.2, 0) is 5.92 Å². The van der Waals surface area contributed by atoms with Crippen LogP contribution < -0.4 is 5.32 Å². The van der Waals surface area contributed by atoms with Gasteiger partial charge in [0.1, 0.15) is 12.1 Å². The van der Waals surface area contributed by atoms with E-state index >= 15 is 0 Å². The summed E-state index contributed by atoms with van der Waals surface area (Å²) < 4.78 is 44.5. The Kier molecular flexibility index (Phi) is 3.55. The Hall–Kier alpha value is -2.31. The van der Waals surface area contributed by atoms with Crippen molar-refractivity contribution in [3.63, 3.8) is 0 Å². The highest BCUT2D eigenvalue weighted by Crippen LogP contribution is 2.27. The molecule has 0 radical (unpaired) electrons. The van der Waals surface area contributed by atoms with Crippen LogP contribution in [-0.4, -0.2) is 17.6 Å². The molecule has 0 saturated heterocycles. The molecular formula is C12H9F3N2O2. The van der Waals surface area contributed by atoms with Gasteiger partial charge in [0.25, 0.3) is 11.8 Å². The van der Waals surface area contributed by atoms with Crippen LogP contribution in [0.2, 0.25) is 0 Å². The quantitative estimate of drug-likeness (QED) is 0.927. The minimum absolute atomic E-state index is 0.0880. The topological polar surface area (TPSA) is 55.1 Å². The number of rotatable bonds is 4. The first-order valence-electron chi connectivity index (χ1n) is 5.31. The number of nitrogens with zero attached hydrogens (tertiary/aromatic N) is 1. The van der Waals surface area contributed by atoms with Crippen LogP contribution in [0.3, 0.4) is 0 Å². The Morgan fingerprint density at radius 1 is 1.26 bits per heavy atom. The lowest BCUT2D eigenvalue weighted by Crippen LogP contribution is -2.35. The van der Waals surface area contributed by atoms with Crippen molar-refractivity contribution in [3.05, 3.63) is 53.7 Å². The molecule has 1 aromatic heterocycles. The fraction of sp³-hybridized carbons (Fsp3) is 0.167. The largest absolute Gasteiger partial charge is 0.364 e. The Balaban J connectivity index is 2.01. The second-order valence-electron chi connectivity index (χ2n) is 3.78. The zero-order chi connectivity index (χ0) is 13.9. The van der Waals surface area contributed by atoms with Crippen LogP contribution in [0.1, 0.15) is 16.1 Å². The standard InChI is InChI=1S/C12H9F3N2O2/c13-9-3-1-8(2-4-9)12(14,15)7-16-11(18)10-5-6-19-17-10/h1-6H,7H2,(H,16,18). The van der Waals surface area contributed by atoms with E-state index in [1.165, 1.54) is 6.07 Å². The highest BCUT2D eigenvalue weighted by atomic mass is 19.3. The Bertz CT molecular complexity index is 553. The highest BCUT2D eigenvalue weighted by molar-refractivity contribution is 5.91. The van der Waals surface area contributed by atoms with E-state index in [1.807, 2.05) is 5.32 Å². The van der Waals surface area contributed by atoms with Gasteiger partial charge < -0.3 is 9.84 Å². The summed E-state index contributed by atoms with van der Waals surface area (Å²) in [4.78, 5) is 11.4. The number of amides is 1. The summed E-state index contributed by atoms with van der Waals surface area (Å²) in [5, 5.41) is 5.35. The van der Waals surface area contributed by atoms with E-state index < -0.39 is 24.2 Å². The number of carbonyl (C=O) groups excluding carboxylic acids is 1. The van der Waals surface area contributed by atoms with Gasteiger partial charge in [0, 0.05) is 11.6 Å². The average molecular weight is 270 g/mol. The summed E-state index contributed by atoms with van der Waals surface area (Å²) in [6, 6.07) is 5.06. The van der Waals surface area contributed by atoms with Gasteiger partial charge in [0.2, 0.25) is 0 Å². The SMILES string of the molecule is O=C(NCC(F)(F)c1ccc(F)cc1)c1ccon1.